The number of halogens is 1. The van der Waals surface area contributed by atoms with E-state index in [4.69, 9.17) is 0 Å². The van der Waals surface area contributed by atoms with Crippen LogP contribution in [-0.4, -0.2) is 56.3 Å². The number of sulfonamides is 1. The van der Waals surface area contributed by atoms with Gasteiger partial charge >= 0.3 is 0 Å². The number of hydrogen-bond donors (Lipinski definition) is 1. The number of Topliss-reactive ketones (excluding diaryl/α,β-unsaturated/α-hetero) is 1. The first kappa shape index (κ1) is 31.0. The normalized spacial score (nSPS) is 11.9. The number of carbonyl (C=O) groups is 3. The van der Waals surface area contributed by atoms with Gasteiger partial charge in [0, 0.05) is 29.5 Å². The summed E-state index contributed by atoms with van der Waals surface area (Å²) in [6.45, 7) is 3.32. The summed E-state index contributed by atoms with van der Waals surface area (Å²) in [5.74, 6) is -1.09. The molecule has 0 spiro atoms. The van der Waals surface area contributed by atoms with E-state index in [1.807, 2.05) is 61.5 Å². The molecule has 3 aromatic rings. The molecule has 0 aliphatic rings. The Labute approximate surface area is 244 Å². The van der Waals surface area contributed by atoms with E-state index < -0.39 is 28.5 Å². The van der Waals surface area contributed by atoms with Crippen LogP contribution in [-0.2, 0) is 32.6 Å². The molecule has 0 radical (unpaired) electrons. The third kappa shape index (κ3) is 8.76. The molecule has 0 unspecified atom stereocenters. The van der Waals surface area contributed by atoms with Gasteiger partial charge in [-0.1, -0.05) is 77.5 Å². The molecule has 0 aliphatic carbocycles. The first-order valence-corrected chi connectivity index (χ1v) is 15.6. The fraction of sp³-hybridized carbons (Fsp3) is 0.300. The molecule has 10 heteroatoms. The second-order valence-corrected chi connectivity index (χ2v) is 12.3. The van der Waals surface area contributed by atoms with E-state index >= 15 is 0 Å². The SMILES string of the molecule is CCCNC(=O)[C@@H](Cc1ccccc1)N(Cc1ccc(Br)cc1)C(=O)CN(c1cccc(C(C)=O)c1)S(C)(=O)=O. The lowest BCUT2D eigenvalue weighted by molar-refractivity contribution is -0.140. The van der Waals surface area contributed by atoms with Crippen LogP contribution in [0.25, 0.3) is 0 Å². The minimum absolute atomic E-state index is 0.0915. The summed E-state index contributed by atoms with van der Waals surface area (Å²) in [5.41, 5.74) is 2.16. The first-order chi connectivity index (χ1) is 19.0. The minimum atomic E-state index is -3.92. The Balaban J connectivity index is 2.05. The molecular formula is C30H34BrN3O5S. The number of carbonyl (C=O) groups excluding carboxylic acids is 3. The molecule has 0 saturated heterocycles. The van der Waals surface area contributed by atoms with E-state index in [-0.39, 0.29) is 30.3 Å². The lowest BCUT2D eigenvalue weighted by atomic mass is 10.0. The van der Waals surface area contributed by atoms with Gasteiger partial charge in [0.1, 0.15) is 12.6 Å². The van der Waals surface area contributed by atoms with E-state index in [1.165, 1.54) is 24.0 Å². The van der Waals surface area contributed by atoms with Gasteiger partial charge in [-0.3, -0.25) is 18.7 Å². The highest BCUT2D eigenvalue weighted by Crippen LogP contribution is 2.22. The Bertz CT molecular complexity index is 1430. The Morgan fingerprint density at radius 1 is 0.925 bits per heavy atom. The number of amides is 2. The van der Waals surface area contributed by atoms with Gasteiger partial charge in [0.15, 0.2) is 5.78 Å². The lowest BCUT2D eigenvalue weighted by Crippen LogP contribution is -2.53. The number of nitrogens with zero attached hydrogens (tertiary/aromatic N) is 2. The highest BCUT2D eigenvalue weighted by atomic mass is 79.9. The van der Waals surface area contributed by atoms with Crippen molar-refractivity contribution >= 4 is 49.2 Å². The topological polar surface area (TPSA) is 104 Å². The second kappa shape index (κ2) is 14.2. The fourth-order valence-electron chi connectivity index (χ4n) is 4.20. The van der Waals surface area contributed by atoms with Crippen molar-refractivity contribution in [3.63, 3.8) is 0 Å². The molecule has 1 atom stereocenters. The highest BCUT2D eigenvalue weighted by Gasteiger charge is 2.33. The maximum Gasteiger partial charge on any atom is 0.244 e. The summed E-state index contributed by atoms with van der Waals surface area (Å²) in [4.78, 5) is 40.9. The number of ketones is 1. The molecule has 0 saturated carbocycles. The van der Waals surface area contributed by atoms with Crippen molar-refractivity contribution in [2.45, 2.75) is 39.3 Å². The molecule has 2 amide bonds. The van der Waals surface area contributed by atoms with E-state index in [0.717, 1.165) is 32.6 Å². The molecule has 8 nitrogen and oxygen atoms in total. The third-order valence-corrected chi connectivity index (χ3v) is 7.98. The number of rotatable bonds is 13. The molecule has 3 aromatic carbocycles. The standard InChI is InChI=1S/C30H34BrN3O5S/c1-4-17-32-30(37)28(18-23-9-6-5-7-10-23)33(20-24-13-15-26(31)16-14-24)29(36)21-34(40(3,38)39)27-12-8-11-25(19-27)22(2)35/h5-16,19,28H,4,17-18,20-21H2,1-3H3,(H,32,37)/t28-/m1/s1. The van der Waals surface area contributed by atoms with Crippen LogP contribution < -0.4 is 9.62 Å². The molecule has 3 rings (SSSR count). The van der Waals surface area contributed by atoms with Crippen molar-refractivity contribution < 1.29 is 22.8 Å². The number of anilines is 1. The van der Waals surface area contributed by atoms with E-state index in [2.05, 4.69) is 21.2 Å². The molecule has 0 aromatic heterocycles. The van der Waals surface area contributed by atoms with Gasteiger partial charge in [0.2, 0.25) is 21.8 Å². The number of nitrogens with one attached hydrogen (secondary N) is 1. The average molecular weight is 629 g/mol. The van der Waals surface area contributed by atoms with Crippen molar-refractivity contribution in [3.8, 4) is 0 Å². The lowest BCUT2D eigenvalue weighted by Gasteiger charge is -2.33. The van der Waals surface area contributed by atoms with Crippen molar-refractivity contribution in [3.05, 3.63) is 100 Å². The van der Waals surface area contributed by atoms with Crippen LogP contribution in [0.5, 0.6) is 0 Å². The van der Waals surface area contributed by atoms with Crippen molar-refractivity contribution in [2.75, 3.05) is 23.7 Å². The van der Waals surface area contributed by atoms with Gasteiger partial charge in [0.05, 0.1) is 11.9 Å². The molecule has 212 valence electrons. The Morgan fingerprint density at radius 3 is 2.20 bits per heavy atom. The molecule has 0 bridgehead atoms. The van der Waals surface area contributed by atoms with Crippen LogP contribution in [0, 0.1) is 0 Å². The molecule has 0 fully saturated rings. The van der Waals surface area contributed by atoms with Gasteiger partial charge in [-0.2, -0.15) is 0 Å². The summed E-state index contributed by atoms with van der Waals surface area (Å²) < 4.78 is 27.6. The monoisotopic (exact) mass is 627 g/mol. The number of benzene rings is 3. The predicted octanol–water partition coefficient (Wildman–Crippen LogP) is 4.58. The largest absolute Gasteiger partial charge is 0.354 e. The van der Waals surface area contributed by atoms with Gasteiger partial charge in [-0.05, 0) is 48.7 Å². The highest BCUT2D eigenvalue weighted by molar-refractivity contribution is 9.10. The summed E-state index contributed by atoms with van der Waals surface area (Å²) >= 11 is 3.42. The Hall–Kier alpha value is -3.50. The molecule has 0 aliphatic heterocycles. The summed E-state index contributed by atoms with van der Waals surface area (Å²) in [7, 11) is -3.92. The fourth-order valence-corrected chi connectivity index (χ4v) is 5.31. The summed E-state index contributed by atoms with van der Waals surface area (Å²) in [5, 5.41) is 2.91. The molecule has 40 heavy (non-hydrogen) atoms. The van der Waals surface area contributed by atoms with Gasteiger partial charge in [-0.25, -0.2) is 8.42 Å². The van der Waals surface area contributed by atoms with Crippen molar-refractivity contribution in [1.82, 2.24) is 10.2 Å². The van der Waals surface area contributed by atoms with E-state index in [9.17, 15) is 22.8 Å². The zero-order chi connectivity index (χ0) is 29.3. The zero-order valence-electron chi connectivity index (χ0n) is 22.8. The van der Waals surface area contributed by atoms with E-state index in [1.54, 1.807) is 12.1 Å². The quantitative estimate of drug-likeness (QED) is 0.279. The van der Waals surface area contributed by atoms with Gasteiger partial charge < -0.3 is 10.2 Å². The number of hydrogen-bond acceptors (Lipinski definition) is 5. The van der Waals surface area contributed by atoms with Crippen LogP contribution in [0.15, 0.2) is 83.3 Å². The van der Waals surface area contributed by atoms with Crippen LogP contribution in [0.1, 0.15) is 41.8 Å². The van der Waals surface area contributed by atoms with Crippen LogP contribution in [0.3, 0.4) is 0 Å². The van der Waals surface area contributed by atoms with Crippen molar-refractivity contribution in [2.24, 2.45) is 0 Å². The maximum atomic E-state index is 14.0. The first-order valence-electron chi connectivity index (χ1n) is 12.9. The van der Waals surface area contributed by atoms with Crippen molar-refractivity contribution in [1.29, 1.82) is 0 Å². The molecule has 0 heterocycles. The van der Waals surface area contributed by atoms with Crippen LogP contribution in [0.4, 0.5) is 5.69 Å². The minimum Gasteiger partial charge on any atom is -0.354 e. The molecule has 1 N–H and O–H groups in total. The zero-order valence-corrected chi connectivity index (χ0v) is 25.2. The summed E-state index contributed by atoms with van der Waals surface area (Å²) in [6, 6.07) is 22.0. The van der Waals surface area contributed by atoms with Gasteiger partial charge in [0.25, 0.3) is 0 Å². The van der Waals surface area contributed by atoms with Gasteiger partial charge in [-0.15, -0.1) is 0 Å². The third-order valence-electron chi connectivity index (χ3n) is 6.31. The molecular weight excluding hydrogens is 594 g/mol. The predicted molar refractivity (Wildman–Crippen MR) is 161 cm³/mol. The smallest absolute Gasteiger partial charge is 0.244 e. The Kier molecular flexibility index (Phi) is 11.0. The summed E-state index contributed by atoms with van der Waals surface area (Å²) in [6.07, 6.45) is 1.98. The van der Waals surface area contributed by atoms with Crippen LogP contribution in [0.2, 0.25) is 0 Å². The maximum absolute atomic E-state index is 14.0. The van der Waals surface area contributed by atoms with Crippen LogP contribution >= 0.6 is 15.9 Å². The second-order valence-electron chi connectivity index (χ2n) is 9.52. The van der Waals surface area contributed by atoms with E-state index in [0.29, 0.717) is 12.1 Å². The Morgan fingerprint density at radius 2 is 1.60 bits per heavy atom. The average Bonchev–Trinajstić information content (AvgIpc) is 2.93.